The third kappa shape index (κ3) is 3.03. The van der Waals surface area contributed by atoms with Crippen LogP contribution in [-0.2, 0) is 0 Å². The van der Waals surface area contributed by atoms with Gasteiger partial charge in [-0.05, 0) is 49.6 Å². The van der Waals surface area contributed by atoms with Crippen molar-refractivity contribution in [1.82, 2.24) is 15.5 Å². The monoisotopic (exact) mass is 277 g/mol. The molecule has 2 heterocycles. The molecular formula is C16H24FN3. The summed E-state index contributed by atoms with van der Waals surface area (Å²) in [5.41, 5.74) is 2.31. The molecule has 4 heteroatoms. The van der Waals surface area contributed by atoms with E-state index in [1.807, 2.05) is 13.0 Å². The van der Waals surface area contributed by atoms with Crippen molar-refractivity contribution in [2.24, 2.45) is 0 Å². The zero-order valence-electron chi connectivity index (χ0n) is 12.2. The number of aryl methyl sites for hydroxylation is 1. The number of hydrogen-bond acceptors (Lipinski definition) is 3. The van der Waals surface area contributed by atoms with E-state index in [9.17, 15) is 4.39 Å². The Bertz CT molecular complexity index is 457. The first-order chi connectivity index (χ1) is 9.74. The predicted molar refractivity (Wildman–Crippen MR) is 79.3 cm³/mol. The van der Waals surface area contributed by atoms with E-state index in [-0.39, 0.29) is 5.82 Å². The smallest absolute Gasteiger partial charge is 0.123 e. The Morgan fingerprint density at radius 1 is 1.20 bits per heavy atom. The van der Waals surface area contributed by atoms with Crippen LogP contribution in [0.25, 0.3) is 0 Å². The van der Waals surface area contributed by atoms with Crippen LogP contribution in [0.1, 0.15) is 30.0 Å². The van der Waals surface area contributed by atoms with E-state index >= 15 is 0 Å². The van der Waals surface area contributed by atoms with Crippen LogP contribution in [0.2, 0.25) is 0 Å². The highest BCUT2D eigenvalue weighted by molar-refractivity contribution is 5.30. The molecule has 2 N–H and O–H groups in total. The second kappa shape index (κ2) is 6.20. The van der Waals surface area contributed by atoms with Crippen LogP contribution >= 0.6 is 0 Å². The van der Waals surface area contributed by atoms with Gasteiger partial charge in [0.25, 0.3) is 0 Å². The summed E-state index contributed by atoms with van der Waals surface area (Å²) in [7, 11) is 0. The van der Waals surface area contributed by atoms with E-state index in [0.29, 0.717) is 12.1 Å². The highest BCUT2D eigenvalue weighted by Crippen LogP contribution is 2.28. The summed E-state index contributed by atoms with van der Waals surface area (Å²) in [5.74, 6) is -0.138. The molecule has 0 unspecified atom stereocenters. The van der Waals surface area contributed by atoms with Gasteiger partial charge in [0.05, 0.1) is 0 Å². The number of piperidine rings is 1. The van der Waals surface area contributed by atoms with Crippen molar-refractivity contribution in [3.05, 3.63) is 35.1 Å². The minimum Gasteiger partial charge on any atom is -0.314 e. The van der Waals surface area contributed by atoms with Crippen molar-refractivity contribution in [1.29, 1.82) is 0 Å². The van der Waals surface area contributed by atoms with Crippen molar-refractivity contribution in [3.8, 4) is 0 Å². The van der Waals surface area contributed by atoms with Crippen LogP contribution in [0.15, 0.2) is 18.2 Å². The van der Waals surface area contributed by atoms with E-state index in [0.717, 1.165) is 44.7 Å². The molecule has 2 aliphatic rings. The van der Waals surface area contributed by atoms with Crippen LogP contribution < -0.4 is 10.6 Å². The van der Waals surface area contributed by atoms with E-state index < -0.39 is 0 Å². The average molecular weight is 277 g/mol. The molecule has 0 spiro atoms. The molecule has 0 aromatic heterocycles. The summed E-state index contributed by atoms with van der Waals surface area (Å²) in [6.45, 7) is 7.57. The standard InChI is InChI=1S/C16H24FN3/c1-12-10-13(17)2-3-15(12)16-11-14(4-5-19-16)20-8-6-18-7-9-20/h2-3,10,14,16,18-19H,4-9,11H2,1H3/t14-,16+/m0/s1. The van der Waals surface area contributed by atoms with Gasteiger partial charge in [0.2, 0.25) is 0 Å². The number of benzene rings is 1. The maximum Gasteiger partial charge on any atom is 0.123 e. The first-order valence-corrected chi connectivity index (χ1v) is 7.68. The molecule has 1 aromatic rings. The Labute approximate surface area is 120 Å². The fourth-order valence-corrected chi connectivity index (χ4v) is 3.54. The molecule has 20 heavy (non-hydrogen) atoms. The molecule has 2 saturated heterocycles. The molecule has 3 rings (SSSR count). The molecule has 0 radical (unpaired) electrons. The Morgan fingerprint density at radius 2 is 2.00 bits per heavy atom. The Balaban J connectivity index is 1.71. The summed E-state index contributed by atoms with van der Waals surface area (Å²) < 4.78 is 13.2. The van der Waals surface area contributed by atoms with Crippen molar-refractivity contribution in [2.45, 2.75) is 31.8 Å². The predicted octanol–water partition coefficient (Wildman–Crippen LogP) is 1.83. The Hall–Kier alpha value is -0.970. The minimum atomic E-state index is -0.138. The van der Waals surface area contributed by atoms with Crippen LogP contribution in [0, 0.1) is 12.7 Å². The number of nitrogens with zero attached hydrogens (tertiary/aromatic N) is 1. The Kier molecular flexibility index (Phi) is 4.34. The second-order valence-corrected chi connectivity index (χ2v) is 5.97. The average Bonchev–Trinajstić information content (AvgIpc) is 2.48. The van der Waals surface area contributed by atoms with Gasteiger partial charge < -0.3 is 10.6 Å². The van der Waals surface area contributed by atoms with Gasteiger partial charge >= 0.3 is 0 Å². The number of halogens is 1. The van der Waals surface area contributed by atoms with Crippen LogP contribution in [-0.4, -0.2) is 43.7 Å². The molecule has 0 aliphatic carbocycles. The summed E-state index contributed by atoms with van der Waals surface area (Å²) in [6, 6.07) is 6.20. The fourth-order valence-electron chi connectivity index (χ4n) is 3.54. The highest BCUT2D eigenvalue weighted by Gasteiger charge is 2.28. The first kappa shape index (κ1) is 14.0. The lowest BCUT2D eigenvalue weighted by molar-refractivity contribution is 0.128. The number of piperazine rings is 1. The zero-order valence-corrected chi connectivity index (χ0v) is 12.2. The van der Waals surface area contributed by atoms with Gasteiger partial charge in [0.15, 0.2) is 0 Å². The topological polar surface area (TPSA) is 27.3 Å². The van der Waals surface area contributed by atoms with Crippen molar-refractivity contribution in [2.75, 3.05) is 32.7 Å². The van der Waals surface area contributed by atoms with Gasteiger partial charge in [-0.2, -0.15) is 0 Å². The largest absolute Gasteiger partial charge is 0.314 e. The Morgan fingerprint density at radius 3 is 2.75 bits per heavy atom. The minimum absolute atomic E-state index is 0.138. The van der Waals surface area contributed by atoms with Gasteiger partial charge in [-0.15, -0.1) is 0 Å². The quantitative estimate of drug-likeness (QED) is 0.863. The molecule has 110 valence electrons. The molecular weight excluding hydrogens is 253 g/mol. The molecule has 0 saturated carbocycles. The van der Waals surface area contributed by atoms with Crippen LogP contribution in [0.3, 0.4) is 0 Å². The third-order valence-electron chi connectivity index (χ3n) is 4.65. The first-order valence-electron chi connectivity index (χ1n) is 7.68. The molecule has 1 aromatic carbocycles. The normalized spacial score (nSPS) is 28.5. The molecule has 2 fully saturated rings. The van der Waals surface area contributed by atoms with E-state index in [1.165, 1.54) is 12.0 Å². The third-order valence-corrected chi connectivity index (χ3v) is 4.65. The number of hydrogen-bond donors (Lipinski definition) is 2. The van der Waals surface area contributed by atoms with Gasteiger partial charge in [-0.3, -0.25) is 4.90 Å². The maximum absolute atomic E-state index is 13.2. The maximum atomic E-state index is 13.2. The van der Waals surface area contributed by atoms with E-state index in [1.54, 1.807) is 12.1 Å². The van der Waals surface area contributed by atoms with E-state index in [4.69, 9.17) is 0 Å². The van der Waals surface area contributed by atoms with Gasteiger partial charge in [-0.25, -0.2) is 4.39 Å². The summed E-state index contributed by atoms with van der Waals surface area (Å²) in [5, 5.41) is 7.01. The number of nitrogens with one attached hydrogen (secondary N) is 2. The molecule has 0 amide bonds. The molecule has 0 bridgehead atoms. The second-order valence-electron chi connectivity index (χ2n) is 5.97. The summed E-state index contributed by atoms with van der Waals surface area (Å²) in [6.07, 6.45) is 2.35. The van der Waals surface area contributed by atoms with Crippen molar-refractivity contribution in [3.63, 3.8) is 0 Å². The number of rotatable bonds is 2. The summed E-state index contributed by atoms with van der Waals surface area (Å²) >= 11 is 0. The molecule has 2 aliphatic heterocycles. The SMILES string of the molecule is Cc1cc(F)ccc1[C@H]1C[C@@H](N2CCNCC2)CCN1. The lowest BCUT2D eigenvalue weighted by Gasteiger charge is -2.40. The van der Waals surface area contributed by atoms with Crippen molar-refractivity contribution < 1.29 is 4.39 Å². The fraction of sp³-hybridized carbons (Fsp3) is 0.625. The lowest BCUT2D eigenvalue weighted by Crippen LogP contribution is -2.51. The lowest BCUT2D eigenvalue weighted by atomic mass is 9.90. The highest BCUT2D eigenvalue weighted by atomic mass is 19.1. The van der Waals surface area contributed by atoms with Crippen molar-refractivity contribution >= 4 is 0 Å². The van der Waals surface area contributed by atoms with Crippen LogP contribution in [0.5, 0.6) is 0 Å². The zero-order chi connectivity index (χ0) is 13.9. The van der Waals surface area contributed by atoms with Gasteiger partial charge in [0, 0.05) is 38.3 Å². The van der Waals surface area contributed by atoms with Crippen LogP contribution in [0.4, 0.5) is 4.39 Å². The van der Waals surface area contributed by atoms with E-state index in [2.05, 4.69) is 15.5 Å². The molecule has 2 atom stereocenters. The molecule has 3 nitrogen and oxygen atoms in total. The summed E-state index contributed by atoms with van der Waals surface area (Å²) in [4.78, 5) is 2.61. The van der Waals surface area contributed by atoms with Gasteiger partial charge in [-0.1, -0.05) is 6.07 Å². The van der Waals surface area contributed by atoms with Gasteiger partial charge in [0.1, 0.15) is 5.82 Å².